The highest BCUT2D eigenvalue weighted by Crippen LogP contribution is 2.29. The van der Waals surface area contributed by atoms with Crippen molar-refractivity contribution < 1.29 is 5.11 Å². The number of para-hydroxylation sites is 3. The molecular formula is C24H26N4O. The number of imidazole rings is 1. The van der Waals surface area contributed by atoms with Gasteiger partial charge in [0.05, 0.1) is 23.7 Å². The smallest absolute Gasteiger partial charge is 0.106 e. The van der Waals surface area contributed by atoms with Gasteiger partial charge in [0.25, 0.3) is 0 Å². The van der Waals surface area contributed by atoms with Crippen LogP contribution in [-0.2, 0) is 6.54 Å². The minimum Gasteiger partial charge on any atom is -0.390 e. The van der Waals surface area contributed by atoms with Crippen LogP contribution in [0.1, 0.15) is 17.8 Å². The highest BCUT2D eigenvalue weighted by atomic mass is 16.3. The Morgan fingerprint density at radius 1 is 1.10 bits per heavy atom. The zero-order valence-corrected chi connectivity index (χ0v) is 16.7. The molecule has 5 rings (SSSR count). The second-order valence-electron chi connectivity index (χ2n) is 7.90. The number of aliphatic hydroxyl groups excluding tert-OH is 1. The Kier molecular flexibility index (Phi) is 4.70. The number of aromatic nitrogens is 3. The van der Waals surface area contributed by atoms with Gasteiger partial charge in [0, 0.05) is 42.3 Å². The van der Waals surface area contributed by atoms with Crippen molar-refractivity contribution in [1.29, 1.82) is 0 Å². The van der Waals surface area contributed by atoms with Crippen LogP contribution in [0.15, 0.2) is 60.8 Å². The Balaban J connectivity index is 1.26. The van der Waals surface area contributed by atoms with Gasteiger partial charge in [0.1, 0.15) is 5.82 Å². The molecule has 0 amide bonds. The van der Waals surface area contributed by atoms with Crippen LogP contribution in [0.5, 0.6) is 0 Å². The Morgan fingerprint density at radius 2 is 1.93 bits per heavy atom. The number of rotatable bonds is 5. The molecule has 0 spiro atoms. The van der Waals surface area contributed by atoms with Crippen LogP contribution in [-0.4, -0.2) is 50.3 Å². The molecule has 5 nitrogen and oxygen atoms in total. The van der Waals surface area contributed by atoms with Gasteiger partial charge in [0.2, 0.25) is 0 Å². The fraction of sp³-hybridized carbons (Fsp3) is 0.292. The molecule has 0 fully saturated rings. The van der Waals surface area contributed by atoms with Crippen LogP contribution in [0.3, 0.4) is 0 Å². The van der Waals surface area contributed by atoms with E-state index in [1.54, 1.807) is 0 Å². The Morgan fingerprint density at radius 3 is 2.79 bits per heavy atom. The highest BCUT2D eigenvalue weighted by molar-refractivity contribution is 5.92. The molecule has 0 radical (unpaired) electrons. The van der Waals surface area contributed by atoms with Crippen molar-refractivity contribution in [3.05, 3.63) is 72.2 Å². The molecule has 2 aromatic heterocycles. The Bertz CT molecular complexity index is 1190. The normalized spacial score (nSPS) is 16.4. The first-order valence-electron chi connectivity index (χ1n) is 10.3. The van der Waals surface area contributed by atoms with E-state index in [-0.39, 0.29) is 0 Å². The number of aromatic amines is 1. The van der Waals surface area contributed by atoms with E-state index in [4.69, 9.17) is 0 Å². The summed E-state index contributed by atoms with van der Waals surface area (Å²) in [4.78, 5) is 10.3. The topological polar surface area (TPSA) is 57.1 Å². The van der Waals surface area contributed by atoms with E-state index in [1.165, 1.54) is 22.0 Å². The standard InChI is InChI=1S/C24H26N4O/c1-17-26-23-8-4-5-9-24(23)28(17)16-19(29)15-27-12-10-18(11-13-27)21-14-25-22-7-3-2-6-20(21)22/h2-10,14,19,25,29H,11-13,15-16H2,1H3. The van der Waals surface area contributed by atoms with Gasteiger partial charge in [-0.1, -0.05) is 36.4 Å². The van der Waals surface area contributed by atoms with Crippen LogP contribution in [0.2, 0.25) is 0 Å². The molecule has 0 aliphatic carbocycles. The van der Waals surface area contributed by atoms with Crippen LogP contribution >= 0.6 is 0 Å². The van der Waals surface area contributed by atoms with Crippen molar-refractivity contribution in [2.45, 2.75) is 26.0 Å². The molecule has 0 saturated carbocycles. The molecule has 2 N–H and O–H groups in total. The lowest BCUT2D eigenvalue weighted by atomic mass is 9.99. The van der Waals surface area contributed by atoms with Crippen molar-refractivity contribution in [3.63, 3.8) is 0 Å². The summed E-state index contributed by atoms with van der Waals surface area (Å²) in [5.41, 5.74) is 5.96. The largest absolute Gasteiger partial charge is 0.390 e. The van der Waals surface area contributed by atoms with E-state index >= 15 is 0 Å². The summed E-state index contributed by atoms with van der Waals surface area (Å²) >= 11 is 0. The van der Waals surface area contributed by atoms with Gasteiger partial charge in [-0.2, -0.15) is 0 Å². The average molecular weight is 386 g/mol. The maximum Gasteiger partial charge on any atom is 0.106 e. The van der Waals surface area contributed by atoms with Crippen molar-refractivity contribution >= 4 is 27.5 Å². The Hall–Kier alpha value is -2.89. The summed E-state index contributed by atoms with van der Waals surface area (Å²) in [7, 11) is 0. The number of fused-ring (bicyclic) bond motifs is 2. The number of aryl methyl sites for hydroxylation is 1. The number of benzene rings is 2. The third kappa shape index (κ3) is 3.48. The van der Waals surface area contributed by atoms with E-state index in [0.29, 0.717) is 13.1 Å². The van der Waals surface area contributed by atoms with Crippen LogP contribution in [0.25, 0.3) is 27.5 Å². The first-order chi connectivity index (χ1) is 14.2. The zero-order chi connectivity index (χ0) is 19.8. The van der Waals surface area contributed by atoms with E-state index in [1.807, 2.05) is 25.1 Å². The minimum absolute atomic E-state index is 0.422. The van der Waals surface area contributed by atoms with Crippen molar-refractivity contribution in [2.75, 3.05) is 19.6 Å². The third-order valence-corrected chi connectivity index (χ3v) is 5.94. The number of hydrogen-bond donors (Lipinski definition) is 2. The number of hydrogen-bond acceptors (Lipinski definition) is 3. The van der Waals surface area contributed by atoms with E-state index in [9.17, 15) is 5.11 Å². The van der Waals surface area contributed by atoms with Crippen molar-refractivity contribution in [2.24, 2.45) is 0 Å². The number of H-pyrrole nitrogens is 1. The van der Waals surface area contributed by atoms with E-state index < -0.39 is 6.10 Å². The number of aliphatic hydroxyl groups is 1. The molecule has 29 heavy (non-hydrogen) atoms. The quantitative estimate of drug-likeness (QED) is 0.546. The Labute approximate surface area is 170 Å². The zero-order valence-electron chi connectivity index (χ0n) is 16.7. The molecule has 4 aromatic rings. The van der Waals surface area contributed by atoms with Crippen molar-refractivity contribution in [1.82, 2.24) is 19.4 Å². The lowest BCUT2D eigenvalue weighted by Crippen LogP contribution is -2.37. The van der Waals surface area contributed by atoms with Gasteiger partial charge >= 0.3 is 0 Å². The van der Waals surface area contributed by atoms with Gasteiger partial charge in [-0.15, -0.1) is 0 Å². The van der Waals surface area contributed by atoms with Crippen LogP contribution < -0.4 is 0 Å². The predicted molar refractivity (Wildman–Crippen MR) is 118 cm³/mol. The fourth-order valence-corrected chi connectivity index (χ4v) is 4.45. The molecular weight excluding hydrogens is 360 g/mol. The van der Waals surface area contributed by atoms with Crippen LogP contribution in [0, 0.1) is 6.92 Å². The second-order valence-corrected chi connectivity index (χ2v) is 7.90. The van der Waals surface area contributed by atoms with Crippen molar-refractivity contribution in [3.8, 4) is 0 Å². The molecule has 5 heteroatoms. The maximum atomic E-state index is 10.7. The first-order valence-corrected chi connectivity index (χ1v) is 10.3. The number of nitrogens with zero attached hydrogens (tertiary/aromatic N) is 3. The summed E-state index contributed by atoms with van der Waals surface area (Å²) in [6.07, 6.45) is 5.01. The minimum atomic E-state index is -0.422. The summed E-state index contributed by atoms with van der Waals surface area (Å²) < 4.78 is 2.12. The highest BCUT2D eigenvalue weighted by Gasteiger charge is 2.19. The molecule has 0 bridgehead atoms. The predicted octanol–water partition coefficient (Wildman–Crippen LogP) is 3.98. The molecule has 3 heterocycles. The number of β-amino-alcohol motifs (C(OH)–C–C–N with tert-alkyl or cyclic N) is 1. The van der Waals surface area contributed by atoms with Crippen LogP contribution in [0.4, 0.5) is 0 Å². The molecule has 0 saturated heterocycles. The fourth-order valence-electron chi connectivity index (χ4n) is 4.45. The average Bonchev–Trinajstić information content (AvgIpc) is 3.30. The monoisotopic (exact) mass is 386 g/mol. The van der Waals surface area contributed by atoms with Gasteiger partial charge < -0.3 is 14.7 Å². The lowest BCUT2D eigenvalue weighted by Gasteiger charge is -2.28. The molecule has 1 aliphatic heterocycles. The SMILES string of the molecule is Cc1nc2ccccc2n1CC(O)CN1CC=C(c2c[nH]c3ccccc23)CC1. The summed E-state index contributed by atoms with van der Waals surface area (Å²) in [5, 5.41) is 12.0. The van der Waals surface area contributed by atoms with Gasteiger partial charge in [-0.25, -0.2) is 4.98 Å². The van der Waals surface area contributed by atoms with E-state index in [0.717, 1.165) is 36.4 Å². The molecule has 2 aromatic carbocycles. The maximum absolute atomic E-state index is 10.7. The molecule has 1 unspecified atom stereocenters. The van der Waals surface area contributed by atoms with E-state index in [2.05, 4.69) is 62.0 Å². The number of nitrogens with one attached hydrogen (secondary N) is 1. The van der Waals surface area contributed by atoms with Gasteiger partial charge in [-0.3, -0.25) is 4.90 Å². The molecule has 1 aliphatic rings. The first kappa shape index (κ1) is 18.2. The molecule has 1 atom stereocenters. The lowest BCUT2D eigenvalue weighted by molar-refractivity contribution is 0.103. The summed E-state index contributed by atoms with van der Waals surface area (Å²) in [6.45, 7) is 5.08. The summed E-state index contributed by atoms with van der Waals surface area (Å²) in [6, 6.07) is 16.6. The van der Waals surface area contributed by atoms with Gasteiger partial charge in [0.15, 0.2) is 0 Å². The summed E-state index contributed by atoms with van der Waals surface area (Å²) in [5.74, 6) is 0.949. The second kappa shape index (κ2) is 7.50. The molecule has 148 valence electrons. The van der Waals surface area contributed by atoms with Gasteiger partial charge in [-0.05, 0) is 37.1 Å². The third-order valence-electron chi connectivity index (χ3n) is 5.94.